The Kier molecular flexibility index (Phi) is 4.46. The van der Waals surface area contributed by atoms with Crippen molar-refractivity contribution in [3.05, 3.63) is 24.3 Å². The van der Waals surface area contributed by atoms with E-state index in [0.717, 1.165) is 11.3 Å². The summed E-state index contributed by atoms with van der Waals surface area (Å²) in [7, 11) is 1.61. The van der Waals surface area contributed by atoms with Crippen LogP contribution >= 0.6 is 11.8 Å². The van der Waals surface area contributed by atoms with Crippen molar-refractivity contribution in [2.24, 2.45) is 5.73 Å². The monoisotopic (exact) mass is 293 g/mol. The Morgan fingerprint density at radius 1 is 1.35 bits per heavy atom. The summed E-state index contributed by atoms with van der Waals surface area (Å²) in [4.78, 5) is 10.7. The first kappa shape index (κ1) is 14.2. The summed E-state index contributed by atoms with van der Waals surface area (Å²) in [5, 5.41) is 8.59. The molecule has 1 amide bonds. The van der Waals surface area contributed by atoms with Crippen molar-refractivity contribution < 1.29 is 9.53 Å². The maximum absolute atomic E-state index is 10.7. The van der Waals surface area contributed by atoms with E-state index in [0.29, 0.717) is 16.7 Å². The number of thioether (sulfide) groups is 1. The molecule has 1 aromatic carbocycles. The molecule has 0 fully saturated rings. The number of nitrogen functional groups attached to an aromatic ring is 1. The topological polar surface area (TPSA) is 109 Å². The van der Waals surface area contributed by atoms with Gasteiger partial charge in [-0.25, -0.2) is 4.68 Å². The first-order chi connectivity index (χ1) is 9.61. The second-order valence-corrected chi connectivity index (χ2v) is 5.03. The molecular formula is C12H15N5O2S. The molecule has 2 aromatic rings. The van der Waals surface area contributed by atoms with E-state index in [-0.39, 0.29) is 12.3 Å². The van der Waals surface area contributed by atoms with Crippen molar-refractivity contribution in [3.63, 3.8) is 0 Å². The highest BCUT2D eigenvalue weighted by molar-refractivity contribution is 7.99. The van der Waals surface area contributed by atoms with Crippen molar-refractivity contribution in [3.8, 4) is 17.1 Å². The molecule has 7 nitrogen and oxygen atoms in total. The van der Waals surface area contributed by atoms with Gasteiger partial charge >= 0.3 is 0 Å². The number of hydrogen-bond donors (Lipinski definition) is 2. The molecule has 0 spiro atoms. The summed E-state index contributed by atoms with van der Waals surface area (Å²) in [5.41, 5.74) is 5.92. The Balaban J connectivity index is 2.12. The van der Waals surface area contributed by atoms with Crippen LogP contribution in [0.25, 0.3) is 11.4 Å². The second-order valence-electron chi connectivity index (χ2n) is 3.97. The highest BCUT2D eigenvalue weighted by Gasteiger charge is 2.12. The lowest BCUT2D eigenvalue weighted by Crippen LogP contribution is -2.13. The largest absolute Gasteiger partial charge is 0.497 e. The Morgan fingerprint density at radius 3 is 2.65 bits per heavy atom. The quantitative estimate of drug-likeness (QED) is 0.597. The van der Waals surface area contributed by atoms with E-state index in [1.165, 1.54) is 16.4 Å². The maximum Gasteiger partial charge on any atom is 0.218 e. The third kappa shape index (κ3) is 3.21. The number of ether oxygens (including phenoxy) is 1. The van der Waals surface area contributed by atoms with Crippen LogP contribution in [-0.4, -0.2) is 33.6 Å². The normalized spacial score (nSPS) is 10.4. The van der Waals surface area contributed by atoms with E-state index in [9.17, 15) is 4.79 Å². The molecule has 0 atom stereocenters. The van der Waals surface area contributed by atoms with Crippen LogP contribution in [0.1, 0.15) is 6.42 Å². The zero-order valence-electron chi connectivity index (χ0n) is 10.9. The van der Waals surface area contributed by atoms with E-state index < -0.39 is 0 Å². The summed E-state index contributed by atoms with van der Waals surface area (Å²) >= 11 is 1.34. The van der Waals surface area contributed by atoms with Crippen LogP contribution in [0.3, 0.4) is 0 Å². The molecule has 0 saturated carbocycles. The Bertz CT molecular complexity index is 596. The molecule has 2 rings (SSSR count). The molecule has 106 valence electrons. The molecule has 0 radical (unpaired) electrons. The zero-order valence-corrected chi connectivity index (χ0v) is 11.8. The molecular weight excluding hydrogens is 278 g/mol. The summed E-state index contributed by atoms with van der Waals surface area (Å²) in [6, 6.07) is 7.35. The fourth-order valence-corrected chi connectivity index (χ4v) is 2.37. The van der Waals surface area contributed by atoms with Gasteiger partial charge in [-0.15, -0.1) is 10.2 Å². The van der Waals surface area contributed by atoms with Crippen LogP contribution in [0.2, 0.25) is 0 Å². The number of carbonyl (C=O) groups excluding carboxylic acids is 1. The Labute approximate surface area is 120 Å². The van der Waals surface area contributed by atoms with Gasteiger partial charge in [0.1, 0.15) is 5.75 Å². The predicted molar refractivity (Wildman–Crippen MR) is 76.7 cm³/mol. The van der Waals surface area contributed by atoms with E-state index in [4.69, 9.17) is 16.3 Å². The van der Waals surface area contributed by atoms with Crippen LogP contribution < -0.4 is 16.3 Å². The molecule has 0 unspecified atom stereocenters. The summed E-state index contributed by atoms with van der Waals surface area (Å²) < 4.78 is 6.49. The van der Waals surface area contributed by atoms with Gasteiger partial charge in [-0.3, -0.25) is 4.79 Å². The smallest absolute Gasteiger partial charge is 0.218 e. The van der Waals surface area contributed by atoms with Gasteiger partial charge in [0.15, 0.2) is 5.82 Å². The molecule has 8 heteroatoms. The van der Waals surface area contributed by atoms with E-state index >= 15 is 0 Å². The second kappa shape index (κ2) is 6.29. The van der Waals surface area contributed by atoms with Gasteiger partial charge in [0, 0.05) is 17.7 Å². The number of hydrogen-bond acceptors (Lipinski definition) is 6. The van der Waals surface area contributed by atoms with Crippen molar-refractivity contribution >= 4 is 17.7 Å². The van der Waals surface area contributed by atoms with Crippen molar-refractivity contribution in [2.45, 2.75) is 11.6 Å². The number of rotatable bonds is 6. The van der Waals surface area contributed by atoms with Gasteiger partial charge in [0.05, 0.1) is 7.11 Å². The Morgan fingerprint density at radius 2 is 2.05 bits per heavy atom. The molecule has 0 aliphatic rings. The summed E-state index contributed by atoms with van der Waals surface area (Å²) in [6.07, 6.45) is 0.273. The third-order valence-corrected chi connectivity index (χ3v) is 3.54. The lowest BCUT2D eigenvalue weighted by Gasteiger charge is -2.04. The highest BCUT2D eigenvalue weighted by Crippen LogP contribution is 2.23. The van der Waals surface area contributed by atoms with E-state index in [2.05, 4.69) is 10.2 Å². The molecule has 4 N–H and O–H groups in total. The number of aromatic nitrogens is 3. The standard InChI is InChI=1S/C12H15N5O2S/c1-19-9-4-2-8(3-5-9)11-15-16-12(17(11)14)20-7-6-10(13)18/h2-5H,6-7,14H2,1H3,(H2,13,18). The van der Waals surface area contributed by atoms with Gasteiger partial charge in [-0.2, -0.15) is 0 Å². The van der Waals surface area contributed by atoms with Crippen LogP contribution in [0.4, 0.5) is 0 Å². The summed E-state index contributed by atoms with van der Waals surface area (Å²) in [6.45, 7) is 0. The van der Waals surface area contributed by atoms with Gasteiger partial charge < -0.3 is 16.3 Å². The molecule has 1 aromatic heterocycles. The van der Waals surface area contributed by atoms with Gasteiger partial charge in [0.25, 0.3) is 0 Å². The van der Waals surface area contributed by atoms with Gasteiger partial charge in [-0.05, 0) is 24.3 Å². The van der Waals surface area contributed by atoms with Crippen LogP contribution in [0.15, 0.2) is 29.4 Å². The van der Waals surface area contributed by atoms with Gasteiger partial charge in [-0.1, -0.05) is 11.8 Å². The minimum absolute atomic E-state index is 0.273. The number of nitrogens with zero attached hydrogens (tertiary/aromatic N) is 3. The molecule has 20 heavy (non-hydrogen) atoms. The van der Waals surface area contributed by atoms with E-state index in [1.807, 2.05) is 24.3 Å². The van der Waals surface area contributed by atoms with Crippen molar-refractivity contribution in [2.75, 3.05) is 18.7 Å². The lowest BCUT2D eigenvalue weighted by molar-refractivity contribution is -0.117. The summed E-state index contributed by atoms with van der Waals surface area (Å²) in [5.74, 6) is 7.42. The molecule has 0 bridgehead atoms. The van der Waals surface area contributed by atoms with Crippen LogP contribution in [0.5, 0.6) is 5.75 Å². The maximum atomic E-state index is 10.7. The first-order valence-corrected chi connectivity index (χ1v) is 6.86. The highest BCUT2D eigenvalue weighted by atomic mass is 32.2. The molecule has 0 saturated heterocycles. The molecule has 1 heterocycles. The van der Waals surface area contributed by atoms with E-state index in [1.54, 1.807) is 7.11 Å². The SMILES string of the molecule is COc1ccc(-c2nnc(SCCC(N)=O)n2N)cc1. The third-order valence-electron chi connectivity index (χ3n) is 2.59. The van der Waals surface area contributed by atoms with Crippen LogP contribution in [0, 0.1) is 0 Å². The Hall–Kier alpha value is -2.22. The number of primary amides is 1. The lowest BCUT2D eigenvalue weighted by atomic mass is 10.2. The number of methoxy groups -OCH3 is 1. The molecule has 0 aliphatic carbocycles. The fraction of sp³-hybridized carbons (Fsp3) is 0.250. The minimum Gasteiger partial charge on any atom is -0.497 e. The number of amides is 1. The average molecular weight is 293 g/mol. The van der Waals surface area contributed by atoms with Crippen molar-refractivity contribution in [1.29, 1.82) is 0 Å². The average Bonchev–Trinajstić information content (AvgIpc) is 2.80. The minimum atomic E-state index is -0.351. The molecule has 0 aliphatic heterocycles. The van der Waals surface area contributed by atoms with Crippen LogP contribution in [-0.2, 0) is 4.79 Å². The predicted octanol–water partition coefficient (Wildman–Crippen LogP) is 0.635. The number of benzene rings is 1. The number of carbonyl (C=O) groups is 1. The van der Waals surface area contributed by atoms with Gasteiger partial charge in [0.2, 0.25) is 11.1 Å². The van der Waals surface area contributed by atoms with Crippen molar-refractivity contribution in [1.82, 2.24) is 14.9 Å². The zero-order chi connectivity index (χ0) is 14.5. The number of nitrogens with two attached hydrogens (primary N) is 2. The fourth-order valence-electron chi connectivity index (χ4n) is 1.56. The first-order valence-electron chi connectivity index (χ1n) is 5.88.